The molecule has 0 unspecified atom stereocenters. The summed E-state index contributed by atoms with van der Waals surface area (Å²) in [4.78, 5) is 0. The molecule has 0 aromatic heterocycles. The van der Waals surface area contributed by atoms with Gasteiger partial charge in [-0.3, -0.25) is 0 Å². The van der Waals surface area contributed by atoms with Crippen LogP contribution in [0.25, 0.3) is 0 Å². The summed E-state index contributed by atoms with van der Waals surface area (Å²) in [7, 11) is 0. The third kappa shape index (κ3) is 6.74. The van der Waals surface area contributed by atoms with Crippen LogP contribution in [-0.2, 0) is 19.7 Å². The van der Waals surface area contributed by atoms with Crippen LogP contribution in [0.4, 0.5) is 8.78 Å². The third-order valence-electron chi connectivity index (χ3n) is 4.35. The van der Waals surface area contributed by atoms with Crippen molar-refractivity contribution >= 4 is 0 Å². The molecule has 0 aliphatic heterocycles. The van der Waals surface area contributed by atoms with Gasteiger partial charge in [0.2, 0.25) is 0 Å². The fourth-order valence-electron chi connectivity index (χ4n) is 2.93. The molecule has 0 radical (unpaired) electrons. The molecule has 30 heavy (non-hydrogen) atoms. The molecule has 3 rings (SSSR count). The van der Waals surface area contributed by atoms with E-state index < -0.39 is 6.61 Å². The molecule has 158 valence electrons. The molecule has 3 aromatic carbocycles. The second kappa shape index (κ2) is 11.2. The van der Waals surface area contributed by atoms with Gasteiger partial charge in [-0.2, -0.15) is 8.78 Å². The van der Waals surface area contributed by atoms with E-state index in [0.717, 1.165) is 16.7 Å². The first kappa shape index (κ1) is 21.6. The number of ether oxygens (including phenoxy) is 3. The second-order valence-electron chi connectivity index (χ2n) is 6.61. The Kier molecular flexibility index (Phi) is 8.03. The van der Waals surface area contributed by atoms with E-state index in [0.29, 0.717) is 37.8 Å². The van der Waals surface area contributed by atoms with Crippen molar-refractivity contribution in [3.63, 3.8) is 0 Å². The van der Waals surface area contributed by atoms with E-state index >= 15 is 0 Å². The van der Waals surface area contributed by atoms with Crippen LogP contribution in [-0.4, -0.2) is 13.2 Å². The van der Waals surface area contributed by atoms with Crippen LogP contribution in [0.2, 0.25) is 0 Å². The smallest absolute Gasteiger partial charge is 0.387 e. The van der Waals surface area contributed by atoms with Gasteiger partial charge in [0.05, 0.1) is 6.61 Å². The number of alkyl halides is 2. The summed E-state index contributed by atoms with van der Waals surface area (Å²) in [6.45, 7) is 1.38. The van der Waals surface area contributed by atoms with Crippen LogP contribution in [0.15, 0.2) is 72.8 Å². The van der Waals surface area contributed by atoms with Gasteiger partial charge in [0.1, 0.15) is 12.4 Å². The van der Waals surface area contributed by atoms with E-state index in [9.17, 15) is 8.78 Å². The van der Waals surface area contributed by atoms with Gasteiger partial charge < -0.3 is 19.5 Å². The van der Waals surface area contributed by atoms with Crippen molar-refractivity contribution in [1.82, 2.24) is 5.32 Å². The van der Waals surface area contributed by atoms with Crippen molar-refractivity contribution in [2.24, 2.45) is 0 Å². The molecule has 0 saturated carbocycles. The minimum absolute atomic E-state index is 0.154. The summed E-state index contributed by atoms with van der Waals surface area (Å²) < 4.78 is 40.5. The molecule has 4 nitrogen and oxygen atoms in total. The van der Waals surface area contributed by atoms with Crippen molar-refractivity contribution in [3.05, 3.63) is 89.5 Å². The van der Waals surface area contributed by atoms with Crippen molar-refractivity contribution in [3.8, 4) is 17.2 Å². The van der Waals surface area contributed by atoms with E-state index in [2.05, 4.69) is 10.1 Å². The first-order valence-electron chi connectivity index (χ1n) is 9.81. The maximum atomic E-state index is 12.2. The molecule has 0 saturated heterocycles. The Labute approximate surface area is 175 Å². The summed E-state index contributed by atoms with van der Waals surface area (Å²) >= 11 is 0. The highest BCUT2D eigenvalue weighted by Crippen LogP contribution is 2.29. The first-order valence-corrected chi connectivity index (χ1v) is 9.81. The number of nitrogens with one attached hydrogen (secondary N) is 1. The molecule has 0 atom stereocenters. The summed E-state index contributed by atoms with van der Waals surface area (Å²) in [5, 5.41) is 3.34. The van der Waals surface area contributed by atoms with E-state index in [1.807, 2.05) is 55.5 Å². The number of rotatable bonds is 11. The van der Waals surface area contributed by atoms with Crippen molar-refractivity contribution < 1.29 is 23.0 Å². The summed E-state index contributed by atoms with van der Waals surface area (Å²) in [5.41, 5.74) is 3.13. The molecule has 1 N–H and O–H groups in total. The number of hydrogen-bond acceptors (Lipinski definition) is 4. The first-order chi connectivity index (χ1) is 14.6. The minimum atomic E-state index is -2.81. The predicted octanol–water partition coefficient (Wildman–Crippen LogP) is 5.56. The van der Waals surface area contributed by atoms with Gasteiger partial charge in [0, 0.05) is 13.1 Å². The van der Waals surface area contributed by atoms with Gasteiger partial charge in [-0.1, -0.05) is 48.5 Å². The van der Waals surface area contributed by atoms with Crippen LogP contribution in [0, 0.1) is 0 Å². The monoisotopic (exact) mass is 413 g/mol. The normalized spacial score (nSPS) is 10.8. The zero-order valence-corrected chi connectivity index (χ0v) is 16.8. The van der Waals surface area contributed by atoms with Crippen LogP contribution in [0.3, 0.4) is 0 Å². The van der Waals surface area contributed by atoms with Crippen LogP contribution >= 0.6 is 0 Å². The molecule has 0 amide bonds. The topological polar surface area (TPSA) is 39.7 Å². The maximum Gasteiger partial charge on any atom is 0.387 e. The summed E-state index contributed by atoms with van der Waals surface area (Å²) in [6, 6.07) is 22.5. The number of halogens is 2. The Balaban J connectivity index is 1.54. The lowest BCUT2D eigenvalue weighted by Gasteiger charge is -2.14. The van der Waals surface area contributed by atoms with E-state index in [1.165, 1.54) is 12.1 Å². The molecule has 0 heterocycles. The number of hydrogen-bond donors (Lipinski definition) is 1. The number of benzene rings is 3. The SMILES string of the molecule is CCOc1cc(CNCc2ccc(OC(F)F)cc2)ccc1OCc1ccccc1. The van der Waals surface area contributed by atoms with Crippen LogP contribution in [0.5, 0.6) is 17.2 Å². The van der Waals surface area contributed by atoms with E-state index in [1.54, 1.807) is 12.1 Å². The van der Waals surface area contributed by atoms with Crippen LogP contribution < -0.4 is 19.5 Å². The molecule has 0 fully saturated rings. The van der Waals surface area contributed by atoms with Crippen molar-refractivity contribution in [2.75, 3.05) is 6.61 Å². The van der Waals surface area contributed by atoms with E-state index in [4.69, 9.17) is 9.47 Å². The zero-order valence-electron chi connectivity index (χ0n) is 16.8. The molecule has 3 aromatic rings. The highest BCUT2D eigenvalue weighted by atomic mass is 19.3. The molecule has 6 heteroatoms. The van der Waals surface area contributed by atoms with Gasteiger partial charge in [0.25, 0.3) is 0 Å². The average molecular weight is 413 g/mol. The van der Waals surface area contributed by atoms with Crippen molar-refractivity contribution in [1.29, 1.82) is 0 Å². The lowest BCUT2D eigenvalue weighted by molar-refractivity contribution is -0.0498. The van der Waals surface area contributed by atoms with Crippen LogP contribution in [0.1, 0.15) is 23.6 Å². The third-order valence-corrected chi connectivity index (χ3v) is 4.35. The second-order valence-corrected chi connectivity index (χ2v) is 6.61. The maximum absolute atomic E-state index is 12.2. The fourth-order valence-corrected chi connectivity index (χ4v) is 2.93. The van der Waals surface area contributed by atoms with E-state index in [-0.39, 0.29) is 5.75 Å². The lowest BCUT2D eigenvalue weighted by Crippen LogP contribution is -2.13. The zero-order chi connectivity index (χ0) is 21.2. The van der Waals surface area contributed by atoms with Gasteiger partial charge >= 0.3 is 6.61 Å². The predicted molar refractivity (Wildman–Crippen MR) is 112 cm³/mol. The molecule has 0 aliphatic rings. The fraction of sp³-hybridized carbons (Fsp3) is 0.250. The Morgan fingerprint density at radius 2 is 1.47 bits per heavy atom. The lowest BCUT2D eigenvalue weighted by atomic mass is 10.1. The van der Waals surface area contributed by atoms with Gasteiger partial charge in [-0.05, 0) is 47.9 Å². The largest absolute Gasteiger partial charge is 0.490 e. The highest BCUT2D eigenvalue weighted by molar-refractivity contribution is 5.43. The average Bonchev–Trinajstić information content (AvgIpc) is 2.75. The van der Waals surface area contributed by atoms with Crippen molar-refractivity contribution in [2.45, 2.75) is 33.2 Å². The molecule has 0 bridgehead atoms. The minimum Gasteiger partial charge on any atom is -0.490 e. The Morgan fingerprint density at radius 1 is 0.767 bits per heavy atom. The molecular weight excluding hydrogens is 388 g/mol. The van der Waals surface area contributed by atoms with Gasteiger partial charge in [0.15, 0.2) is 11.5 Å². The quantitative estimate of drug-likeness (QED) is 0.447. The standard InChI is InChI=1S/C24H25F2NO3/c1-2-28-23-14-20(10-13-22(23)29-17-19-6-4-3-5-7-19)16-27-15-18-8-11-21(12-9-18)30-24(25)26/h3-14,24,27H,2,15-17H2,1H3. The summed E-state index contributed by atoms with van der Waals surface area (Å²) in [5.74, 6) is 1.57. The Bertz CT molecular complexity index is 902. The Morgan fingerprint density at radius 3 is 2.17 bits per heavy atom. The Hall–Kier alpha value is -3.12. The molecular formula is C24H25F2NO3. The van der Waals surface area contributed by atoms with Gasteiger partial charge in [-0.25, -0.2) is 0 Å². The van der Waals surface area contributed by atoms with Gasteiger partial charge in [-0.15, -0.1) is 0 Å². The highest BCUT2D eigenvalue weighted by Gasteiger charge is 2.08. The molecule has 0 spiro atoms. The molecule has 0 aliphatic carbocycles. The summed E-state index contributed by atoms with van der Waals surface area (Å²) in [6.07, 6.45) is 0.